The van der Waals surface area contributed by atoms with E-state index in [9.17, 15) is 4.79 Å². The van der Waals surface area contributed by atoms with E-state index in [-0.39, 0.29) is 5.91 Å². The minimum Gasteiger partial charge on any atom is -0.497 e. The molecule has 6 nitrogen and oxygen atoms in total. The summed E-state index contributed by atoms with van der Waals surface area (Å²) in [6, 6.07) is 15.3. The topological polar surface area (TPSA) is 69.0 Å². The molecule has 1 amide bonds. The number of anilines is 1. The minimum absolute atomic E-state index is 0.177. The Labute approximate surface area is 173 Å². The van der Waals surface area contributed by atoms with Crippen LogP contribution in [0.4, 0.5) is 5.82 Å². The van der Waals surface area contributed by atoms with Gasteiger partial charge in [0.1, 0.15) is 11.6 Å². The number of methoxy groups -OCH3 is 1. The molecule has 0 fully saturated rings. The quantitative estimate of drug-likeness (QED) is 0.496. The van der Waals surface area contributed by atoms with Gasteiger partial charge in [-0.05, 0) is 48.7 Å². The van der Waals surface area contributed by atoms with Gasteiger partial charge in [-0.15, -0.1) is 0 Å². The number of carbonyl (C=O) groups excluding carboxylic acids is 1. The van der Waals surface area contributed by atoms with Crippen molar-refractivity contribution in [2.45, 2.75) is 26.7 Å². The van der Waals surface area contributed by atoms with Crippen molar-refractivity contribution in [1.29, 1.82) is 0 Å². The summed E-state index contributed by atoms with van der Waals surface area (Å²) in [6.45, 7) is 6.15. The lowest BCUT2D eigenvalue weighted by molar-refractivity contribution is 0.102. The Hall–Kier alpha value is -3.19. The van der Waals surface area contributed by atoms with E-state index in [1.165, 1.54) is 16.9 Å². The van der Waals surface area contributed by atoms with Gasteiger partial charge in [-0.3, -0.25) is 4.79 Å². The molecule has 2 heterocycles. The molecule has 148 valence electrons. The molecule has 1 N–H and O–H groups in total. The summed E-state index contributed by atoms with van der Waals surface area (Å²) >= 11 is 1.49. The normalized spacial score (nSPS) is 11.2. The van der Waals surface area contributed by atoms with Gasteiger partial charge in [0.2, 0.25) is 5.13 Å². The number of thiazole rings is 1. The largest absolute Gasteiger partial charge is 0.497 e. The van der Waals surface area contributed by atoms with Crippen LogP contribution in [0.1, 0.15) is 41.4 Å². The zero-order chi connectivity index (χ0) is 20.5. The fourth-order valence-electron chi connectivity index (χ4n) is 3.05. The van der Waals surface area contributed by atoms with Gasteiger partial charge in [-0.25, -0.2) is 4.98 Å². The molecular formula is C22H22N4O2S. The lowest BCUT2D eigenvalue weighted by Crippen LogP contribution is -2.15. The predicted molar refractivity (Wildman–Crippen MR) is 117 cm³/mol. The number of hydrogen-bond donors (Lipinski definition) is 1. The Kier molecular flexibility index (Phi) is 5.07. The Morgan fingerprint density at radius 1 is 1.14 bits per heavy atom. The molecule has 4 aromatic rings. The number of carbonyl (C=O) groups is 1. The lowest BCUT2D eigenvalue weighted by atomic mass is 10.0. The summed E-state index contributed by atoms with van der Waals surface area (Å²) in [5.41, 5.74) is 3.47. The van der Waals surface area contributed by atoms with Gasteiger partial charge in [0.25, 0.3) is 5.91 Å². The van der Waals surface area contributed by atoms with Gasteiger partial charge >= 0.3 is 0 Å². The molecule has 0 saturated heterocycles. The number of amides is 1. The maximum absolute atomic E-state index is 12.8. The van der Waals surface area contributed by atoms with Crippen LogP contribution in [0.15, 0.2) is 48.5 Å². The predicted octanol–water partition coefficient (Wildman–Crippen LogP) is 5.17. The van der Waals surface area contributed by atoms with Crippen LogP contribution >= 0.6 is 11.3 Å². The highest BCUT2D eigenvalue weighted by Crippen LogP contribution is 2.30. The Bertz CT molecular complexity index is 1180. The number of hydrogen-bond acceptors (Lipinski definition) is 5. The van der Waals surface area contributed by atoms with E-state index < -0.39 is 0 Å². The van der Waals surface area contributed by atoms with Gasteiger partial charge in [-0.1, -0.05) is 37.3 Å². The van der Waals surface area contributed by atoms with Crippen LogP contribution in [0.5, 0.6) is 5.75 Å². The van der Waals surface area contributed by atoms with E-state index in [1.807, 2.05) is 55.5 Å². The molecule has 0 unspecified atom stereocenters. The highest BCUT2D eigenvalue weighted by Gasteiger charge is 2.16. The van der Waals surface area contributed by atoms with E-state index in [0.717, 1.165) is 21.7 Å². The summed E-state index contributed by atoms with van der Waals surface area (Å²) in [5, 5.41) is 8.17. The van der Waals surface area contributed by atoms with Crippen molar-refractivity contribution in [3.63, 3.8) is 0 Å². The van der Waals surface area contributed by atoms with Crippen molar-refractivity contribution in [3.05, 3.63) is 65.4 Å². The summed E-state index contributed by atoms with van der Waals surface area (Å²) in [4.78, 5) is 17.4. The van der Waals surface area contributed by atoms with E-state index in [1.54, 1.807) is 11.8 Å². The molecule has 0 radical (unpaired) electrons. The Morgan fingerprint density at radius 2 is 1.90 bits per heavy atom. The summed E-state index contributed by atoms with van der Waals surface area (Å²) in [5.74, 6) is 1.62. The van der Waals surface area contributed by atoms with Crippen LogP contribution < -0.4 is 10.1 Å². The molecular weight excluding hydrogens is 384 g/mol. The van der Waals surface area contributed by atoms with Crippen molar-refractivity contribution >= 4 is 33.3 Å². The lowest BCUT2D eigenvalue weighted by Gasteiger charge is -2.08. The zero-order valence-electron chi connectivity index (χ0n) is 16.8. The first-order valence-electron chi connectivity index (χ1n) is 9.37. The van der Waals surface area contributed by atoms with Gasteiger partial charge in [0.15, 0.2) is 0 Å². The third-order valence-corrected chi connectivity index (χ3v) is 5.67. The Morgan fingerprint density at radius 3 is 2.59 bits per heavy atom. The van der Waals surface area contributed by atoms with Crippen LogP contribution in [-0.2, 0) is 0 Å². The molecule has 7 heteroatoms. The van der Waals surface area contributed by atoms with Crippen LogP contribution in [-0.4, -0.2) is 27.8 Å². The van der Waals surface area contributed by atoms with Crippen molar-refractivity contribution < 1.29 is 9.53 Å². The molecule has 0 aliphatic carbocycles. The highest BCUT2D eigenvalue weighted by molar-refractivity contribution is 7.20. The first-order valence-corrected chi connectivity index (χ1v) is 10.2. The molecule has 0 aliphatic heterocycles. The molecule has 4 rings (SSSR count). The zero-order valence-corrected chi connectivity index (χ0v) is 17.6. The highest BCUT2D eigenvalue weighted by atomic mass is 32.1. The van der Waals surface area contributed by atoms with Crippen LogP contribution in [0.25, 0.3) is 15.3 Å². The van der Waals surface area contributed by atoms with E-state index in [0.29, 0.717) is 22.4 Å². The van der Waals surface area contributed by atoms with Gasteiger partial charge in [-0.2, -0.15) is 9.78 Å². The van der Waals surface area contributed by atoms with Gasteiger partial charge < -0.3 is 10.1 Å². The maximum atomic E-state index is 12.8. The third-order valence-electron chi connectivity index (χ3n) is 4.68. The number of nitrogens with one attached hydrogen (secondary N) is 1. The smallest absolute Gasteiger partial charge is 0.256 e. The fourth-order valence-corrected chi connectivity index (χ4v) is 4.01. The molecule has 0 bridgehead atoms. The van der Waals surface area contributed by atoms with Gasteiger partial charge in [0.05, 0.1) is 23.0 Å². The second kappa shape index (κ2) is 7.67. The maximum Gasteiger partial charge on any atom is 0.256 e. The molecule has 2 aromatic carbocycles. The second-order valence-corrected chi connectivity index (χ2v) is 8.15. The fraction of sp³-hybridized carbons (Fsp3) is 0.227. The first kappa shape index (κ1) is 19.1. The third kappa shape index (κ3) is 3.86. The van der Waals surface area contributed by atoms with Crippen molar-refractivity contribution in [3.8, 4) is 10.9 Å². The standard InChI is InChI=1S/C22H22N4O2S/c1-13(2)15-5-7-16(8-6-15)21(27)24-20-11-14(3)25-26(20)22-23-18-10-9-17(28-4)12-19(18)29-22/h5-13H,1-4H3,(H,24,27). The van der Waals surface area contributed by atoms with Crippen LogP contribution in [0.3, 0.4) is 0 Å². The average Bonchev–Trinajstić information content (AvgIpc) is 3.30. The number of nitrogens with zero attached hydrogens (tertiary/aromatic N) is 3. The number of fused-ring (bicyclic) bond motifs is 1. The van der Waals surface area contributed by atoms with Crippen LogP contribution in [0.2, 0.25) is 0 Å². The number of ether oxygens (including phenoxy) is 1. The summed E-state index contributed by atoms with van der Waals surface area (Å²) < 4.78 is 7.96. The molecule has 29 heavy (non-hydrogen) atoms. The summed E-state index contributed by atoms with van der Waals surface area (Å²) in [7, 11) is 1.64. The molecule has 0 aliphatic rings. The van der Waals surface area contributed by atoms with E-state index in [2.05, 4.69) is 29.2 Å². The van der Waals surface area contributed by atoms with Crippen molar-refractivity contribution in [2.75, 3.05) is 12.4 Å². The van der Waals surface area contributed by atoms with Crippen LogP contribution in [0, 0.1) is 6.92 Å². The SMILES string of the molecule is COc1ccc2nc(-n3nc(C)cc3NC(=O)c3ccc(C(C)C)cc3)sc2c1. The first-order chi connectivity index (χ1) is 13.9. The average molecular weight is 407 g/mol. The minimum atomic E-state index is -0.177. The number of aromatic nitrogens is 3. The molecule has 0 saturated carbocycles. The molecule has 0 spiro atoms. The van der Waals surface area contributed by atoms with Gasteiger partial charge in [0, 0.05) is 11.6 Å². The van der Waals surface area contributed by atoms with Crippen molar-refractivity contribution in [2.24, 2.45) is 0 Å². The second-order valence-electron chi connectivity index (χ2n) is 7.14. The van der Waals surface area contributed by atoms with E-state index in [4.69, 9.17) is 4.74 Å². The number of benzene rings is 2. The Balaban J connectivity index is 1.64. The number of rotatable bonds is 5. The number of aryl methyl sites for hydroxylation is 1. The molecule has 2 aromatic heterocycles. The summed E-state index contributed by atoms with van der Waals surface area (Å²) in [6.07, 6.45) is 0. The van der Waals surface area contributed by atoms with E-state index >= 15 is 0 Å². The molecule has 0 atom stereocenters. The monoisotopic (exact) mass is 406 g/mol. The van der Waals surface area contributed by atoms with Crippen molar-refractivity contribution in [1.82, 2.24) is 14.8 Å².